The Kier molecular flexibility index (Phi) is 8.76. The molecule has 1 aromatic carbocycles. The third-order valence-corrected chi connectivity index (χ3v) is 9.27. The molecule has 4 heterocycles. The summed E-state index contributed by atoms with van der Waals surface area (Å²) in [5.74, 6) is -1.76. The molecule has 12 nitrogen and oxygen atoms in total. The lowest BCUT2D eigenvalue weighted by Gasteiger charge is -2.43. The van der Waals surface area contributed by atoms with E-state index < -0.39 is 58.7 Å². The number of halogens is 3. The number of methoxy groups -OCH3 is 1. The van der Waals surface area contributed by atoms with Crippen molar-refractivity contribution < 1.29 is 41.4 Å². The molecule has 2 N–H and O–H groups in total. The number of nitrogens with zero attached hydrogens (tertiary/aromatic N) is 5. The molecule has 0 saturated carbocycles. The third kappa shape index (κ3) is 6.02. The van der Waals surface area contributed by atoms with E-state index in [9.17, 15) is 27.4 Å². The molecule has 41 heavy (non-hydrogen) atoms. The molecule has 2 aliphatic heterocycles. The average molecular weight is 618 g/mol. The topological polar surface area (TPSA) is 153 Å². The number of benzene rings is 1. The molecule has 224 valence electrons. The molecular formula is C25H30ClF2N5O7S. The normalized spacial score (nSPS) is 26.5. The van der Waals surface area contributed by atoms with Crippen LogP contribution in [0, 0.1) is 11.6 Å². The van der Waals surface area contributed by atoms with Crippen LogP contribution in [0.3, 0.4) is 0 Å². The molecule has 3 aromatic rings. The van der Waals surface area contributed by atoms with Crippen molar-refractivity contribution in [2.75, 3.05) is 33.1 Å². The van der Waals surface area contributed by atoms with Crippen molar-refractivity contribution in [3.63, 3.8) is 0 Å². The van der Waals surface area contributed by atoms with Crippen LogP contribution in [0.4, 0.5) is 8.78 Å². The van der Waals surface area contributed by atoms with Crippen molar-refractivity contribution >= 4 is 21.6 Å². The molecule has 2 saturated heterocycles. The average Bonchev–Trinajstić information content (AvgIpc) is 3.62. The van der Waals surface area contributed by atoms with Crippen molar-refractivity contribution in [1.29, 1.82) is 0 Å². The van der Waals surface area contributed by atoms with Crippen molar-refractivity contribution in [3.05, 3.63) is 52.5 Å². The summed E-state index contributed by atoms with van der Waals surface area (Å²) in [6.45, 7) is 0.272. The Bertz CT molecular complexity index is 1480. The largest absolute Gasteiger partial charge is 0.394 e. The van der Waals surface area contributed by atoms with Gasteiger partial charge in [0, 0.05) is 44.2 Å². The van der Waals surface area contributed by atoms with Gasteiger partial charge in [-0.2, -0.15) is 0 Å². The maximum absolute atomic E-state index is 14.5. The molecule has 2 fully saturated rings. The number of aliphatic hydroxyl groups is 2. The maximum atomic E-state index is 14.5. The first-order valence-corrected chi connectivity index (χ1v) is 15.2. The zero-order valence-corrected chi connectivity index (χ0v) is 23.8. The summed E-state index contributed by atoms with van der Waals surface area (Å²) < 4.78 is 72.2. The van der Waals surface area contributed by atoms with E-state index >= 15 is 0 Å². The van der Waals surface area contributed by atoms with Crippen molar-refractivity contribution in [1.82, 2.24) is 24.5 Å². The molecule has 2 aliphatic rings. The molecule has 0 radical (unpaired) electrons. The number of rotatable bonds is 8. The molecule has 2 aromatic heterocycles. The van der Waals surface area contributed by atoms with Gasteiger partial charge in [-0.25, -0.2) is 26.2 Å². The minimum absolute atomic E-state index is 0.00572. The Morgan fingerprint density at radius 2 is 1.93 bits per heavy atom. The number of hydrogen-bond donors (Lipinski definition) is 2. The van der Waals surface area contributed by atoms with Crippen molar-refractivity contribution in [2.45, 2.75) is 55.6 Å². The predicted molar refractivity (Wildman–Crippen MR) is 141 cm³/mol. The SMILES string of the molecule is CO[C@@H]1[C@@H](n2cc(-c3ccc(Cl)c(F)c3F)nn2)[C@@H](O)[C@@H](CO)O[C@@H]1Cc1cc(C2CCN(S(C)(=O)=O)CC2)on1. The van der Waals surface area contributed by atoms with Gasteiger partial charge in [-0.3, -0.25) is 0 Å². The highest BCUT2D eigenvalue weighted by atomic mass is 35.5. The van der Waals surface area contributed by atoms with E-state index in [0.29, 0.717) is 37.4 Å². The standard InChI is InChI=1S/C25H30ClF2N5O7S/c1-38-25-19(10-14-9-18(40-30-14)13-5-7-32(8-6-13)41(2,36)37)39-20(12-34)24(35)23(25)33-11-17(29-31-33)15-3-4-16(26)22(28)21(15)27/h3-4,9,11,13,19-20,23-25,34-35H,5-8,10,12H2,1-2H3/t19-,20-,23+,24+,25+/m1/s1. The van der Waals surface area contributed by atoms with E-state index in [-0.39, 0.29) is 28.6 Å². The Labute approximate surface area is 239 Å². The number of hydrogen-bond acceptors (Lipinski definition) is 10. The molecule has 0 aliphatic carbocycles. The zero-order valence-electron chi connectivity index (χ0n) is 22.2. The van der Waals surface area contributed by atoms with Crippen molar-refractivity contribution in [2.24, 2.45) is 0 Å². The fourth-order valence-corrected chi connectivity index (χ4v) is 6.51. The summed E-state index contributed by atoms with van der Waals surface area (Å²) in [5, 5.41) is 32.8. The Balaban J connectivity index is 1.35. The number of aromatic nitrogens is 4. The van der Waals surface area contributed by atoms with Gasteiger partial charge >= 0.3 is 0 Å². The summed E-state index contributed by atoms with van der Waals surface area (Å²) >= 11 is 5.66. The molecule has 16 heteroatoms. The lowest BCUT2D eigenvalue weighted by atomic mass is 9.90. The second-order valence-electron chi connectivity index (χ2n) is 10.2. The van der Waals surface area contributed by atoms with Crippen LogP contribution in [-0.2, 0) is 25.9 Å². The summed E-state index contributed by atoms with van der Waals surface area (Å²) in [6.07, 6.45) is 0.0975. The first-order valence-electron chi connectivity index (χ1n) is 12.9. The first-order chi connectivity index (χ1) is 19.5. The fraction of sp³-hybridized carbons (Fsp3) is 0.560. The van der Waals surface area contributed by atoms with Gasteiger partial charge in [0.25, 0.3) is 0 Å². The Morgan fingerprint density at radius 1 is 1.20 bits per heavy atom. The maximum Gasteiger partial charge on any atom is 0.211 e. The molecule has 0 bridgehead atoms. The van der Waals surface area contributed by atoms with Crippen LogP contribution in [0.25, 0.3) is 11.3 Å². The molecule has 5 rings (SSSR count). The quantitative estimate of drug-likeness (QED) is 0.359. The van der Waals surface area contributed by atoms with Crippen LogP contribution in [0.1, 0.15) is 36.3 Å². The van der Waals surface area contributed by atoms with Crippen LogP contribution in [0.5, 0.6) is 0 Å². The molecule has 0 amide bonds. The highest BCUT2D eigenvalue weighted by Crippen LogP contribution is 2.36. The van der Waals surface area contributed by atoms with Gasteiger partial charge < -0.3 is 24.2 Å². The first kappa shape index (κ1) is 29.9. The van der Waals surface area contributed by atoms with Crippen LogP contribution >= 0.6 is 11.6 Å². The molecule has 0 spiro atoms. The molecule has 0 unspecified atom stereocenters. The van der Waals surface area contributed by atoms with Gasteiger partial charge in [0.1, 0.15) is 35.8 Å². The van der Waals surface area contributed by atoms with E-state index in [0.717, 1.165) is 0 Å². The van der Waals surface area contributed by atoms with E-state index in [2.05, 4.69) is 15.5 Å². The Morgan fingerprint density at radius 3 is 2.59 bits per heavy atom. The van der Waals surface area contributed by atoms with Gasteiger partial charge in [0.05, 0.1) is 35.9 Å². The van der Waals surface area contributed by atoms with E-state index in [1.807, 2.05) is 0 Å². The summed E-state index contributed by atoms with van der Waals surface area (Å²) in [5.41, 5.74) is 0.385. The number of piperidine rings is 1. The second-order valence-corrected chi connectivity index (χ2v) is 12.6. The van der Waals surface area contributed by atoms with Crippen LogP contribution in [0.15, 0.2) is 28.9 Å². The van der Waals surface area contributed by atoms with Crippen LogP contribution in [0.2, 0.25) is 5.02 Å². The zero-order chi connectivity index (χ0) is 29.5. The predicted octanol–water partition coefficient (Wildman–Crippen LogP) is 1.92. The third-order valence-electron chi connectivity index (χ3n) is 7.68. The van der Waals surface area contributed by atoms with Gasteiger partial charge in [-0.05, 0) is 25.0 Å². The van der Waals surface area contributed by atoms with Gasteiger partial charge in [0.2, 0.25) is 10.0 Å². The van der Waals surface area contributed by atoms with E-state index in [1.54, 1.807) is 6.07 Å². The molecular weight excluding hydrogens is 588 g/mol. The second kappa shape index (κ2) is 12.0. The highest BCUT2D eigenvalue weighted by molar-refractivity contribution is 7.88. The van der Waals surface area contributed by atoms with Crippen molar-refractivity contribution in [3.8, 4) is 11.3 Å². The van der Waals surface area contributed by atoms with Gasteiger partial charge in [0.15, 0.2) is 11.6 Å². The van der Waals surface area contributed by atoms with E-state index in [1.165, 1.54) is 40.7 Å². The Hall–Kier alpha value is -2.53. The molecule has 5 atom stereocenters. The van der Waals surface area contributed by atoms with Gasteiger partial charge in [-0.15, -0.1) is 5.10 Å². The number of ether oxygens (including phenoxy) is 2. The smallest absolute Gasteiger partial charge is 0.211 e. The highest BCUT2D eigenvalue weighted by Gasteiger charge is 2.47. The summed E-state index contributed by atoms with van der Waals surface area (Å²) in [7, 11) is -1.83. The summed E-state index contributed by atoms with van der Waals surface area (Å²) in [6, 6.07) is 3.35. The summed E-state index contributed by atoms with van der Waals surface area (Å²) in [4.78, 5) is 0. The minimum Gasteiger partial charge on any atom is -0.394 e. The lowest BCUT2D eigenvalue weighted by Crippen LogP contribution is -2.57. The van der Waals surface area contributed by atoms with E-state index in [4.69, 9.17) is 25.6 Å². The van der Waals surface area contributed by atoms with Gasteiger partial charge in [-0.1, -0.05) is 22.0 Å². The van der Waals surface area contributed by atoms with Crippen LogP contribution in [-0.4, -0.2) is 101 Å². The minimum atomic E-state index is -3.25. The number of sulfonamides is 1. The lowest BCUT2D eigenvalue weighted by molar-refractivity contribution is -0.212. The fourth-order valence-electron chi connectivity index (χ4n) is 5.49. The monoisotopic (exact) mass is 617 g/mol. The number of aliphatic hydroxyl groups excluding tert-OH is 2. The van der Waals surface area contributed by atoms with Crippen LogP contribution < -0.4 is 0 Å².